The van der Waals surface area contributed by atoms with Crippen molar-refractivity contribution in [3.8, 4) is 5.75 Å². The molecular weight excluding hydrogens is 376 g/mol. The van der Waals surface area contributed by atoms with Crippen molar-refractivity contribution in [1.82, 2.24) is 19.7 Å². The largest absolute Gasteiger partial charge is 0.494 e. The second kappa shape index (κ2) is 8.86. The molecule has 3 aromatic rings. The topological polar surface area (TPSA) is 60.2 Å². The van der Waals surface area contributed by atoms with Gasteiger partial charge in [0.05, 0.1) is 17.9 Å². The van der Waals surface area contributed by atoms with Gasteiger partial charge in [-0.3, -0.25) is 9.48 Å². The van der Waals surface area contributed by atoms with Gasteiger partial charge < -0.3 is 9.64 Å². The number of ether oxygens (including phenoxy) is 1. The van der Waals surface area contributed by atoms with Crippen molar-refractivity contribution < 1.29 is 9.53 Å². The highest BCUT2D eigenvalue weighted by atomic mass is 16.5. The van der Waals surface area contributed by atoms with Crippen LogP contribution in [0.15, 0.2) is 36.5 Å². The van der Waals surface area contributed by atoms with Crippen LogP contribution in [0.5, 0.6) is 5.75 Å². The Morgan fingerprint density at radius 3 is 2.63 bits per heavy atom. The highest BCUT2D eigenvalue weighted by Crippen LogP contribution is 2.25. The van der Waals surface area contributed by atoms with E-state index in [1.165, 1.54) is 12.0 Å². The van der Waals surface area contributed by atoms with Crippen molar-refractivity contribution in [2.75, 3.05) is 19.7 Å². The molecule has 0 atom stereocenters. The van der Waals surface area contributed by atoms with Crippen molar-refractivity contribution in [1.29, 1.82) is 0 Å². The second-order valence-corrected chi connectivity index (χ2v) is 8.16. The van der Waals surface area contributed by atoms with Crippen LogP contribution in [0.25, 0.3) is 11.0 Å². The van der Waals surface area contributed by atoms with Gasteiger partial charge in [0.2, 0.25) is 0 Å². The molecule has 1 saturated heterocycles. The maximum absolute atomic E-state index is 13.0. The Labute approximate surface area is 177 Å². The number of carbonyl (C=O) groups is 1. The van der Waals surface area contributed by atoms with E-state index in [0.717, 1.165) is 54.8 Å². The molecule has 30 heavy (non-hydrogen) atoms. The lowest BCUT2D eigenvalue weighted by molar-refractivity contribution is 0.0686. The van der Waals surface area contributed by atoms with Crippen LogP contribution in [0.4, 0.5) is 0 Å². The number of aryl methyl sites for hydroxylation is 3. The molecule has 0 bridgehead atoms. The van der Waals surface area contributed by atoms with Gasteiger partial charge in [-0.05, 0) is 69.2 Å². The molecular formula is C24H30N4O2. The van der Waals surface area contributed by atoms with Crippen molar-refractivity contribution in [2.45, 2.75) is 39.5 Å². The number of nitrogens with zero attached hydrogens (tertiary/aromatic N) is 4. The number of carbonyl (C=O) groups excluding carboxylic acids is 1. The molecule has 0 aliphatic carbocycles. The van der Waals surface area contributed by atoms with E-state index < -0.39 is 0 Å². The number of hydrogen-bond acceptors (Lipinski definition) is 4. The van der Waals surface area contributed by atoms with Gasteiger partial charge >= 0.3 is 0 Å². The van der Waals surface area contributed by atoms with Crippen molar-refractivity contribution >= 4 is 16.9 Å². The Morgan fingerprint density at radius 1 is 1.20 bits per heavy atom. The summed E-state index contributed by atoms with van der Waals surface area (Å²) in [6.07, 6.45) is 6.04. The number of benzene rings is 1. The molecule has 1 aliphatic heterocycles. The summed E-state index contributed by atoms with van der Waals surface area (Å²) in [6, 6.07) is 10.4. The normalized spacial score (nSPS) is 15.0. The SMILES string of the molecule is CCOc1ccc(CCC2CCN(C(=O)c3cnc4c(c3)c(C)nn4C)CC2)cc1. The first-order chi connectivity index (χ1) is 14.5. The number of fused-ring (bicyclic) bond motifs is 1. The summed E-state index contributed by atoms with van der Waals surface area (Å²) in [7, 11) is 1.88. The van der Waals surface area contributed by atoms with Gasteiger partial charge in [-0.2, -0.15) is 5.10 Å². The molecule has 0 saturated carbocycles. The summed E-state index contributed by atoms with van der Waals surface area (Å²) in [6.45, 7) is 6.28. The summed E-state index contributed by atoms with van der Waals surface area (Å²) < 4.78 is 7.27. The van der Waals surface area contributed by atoms with Crippen LogP contribution in [0.1, 0.15) is 47.8 Å². The number of likely N-dealkylation sites (tertiary alicyclic amines) is 1. The van der Waals surface area contributed by atoms with Gasteiger partial charge in [-0.25, -0.2) is 4.98 Å². The maximum atomic E-state index is 13.0. The fourth-order valence-corrected chi connectivity index (χ4v) is 4.32. The molecule has 0 unspecified atom stereocenters. The third kappa shape index (κ3) is 4.32. The minimum Gasteiger partial charge on any atom is -0.494 e. The zero-order valence-electron chi connectivity index (χ0n) is 18.1. The van der Waals surface area contributed by atoms with Gasteiger partial charge in [0.25, 0.3) is 5.91 Å². The molecule has 2 aromatic heterocycles. The maximum Gasteiger partial charge on any atom is 0.255 e. The fourth-order valence-electron chi connectivity index (χ4n) is 4.32. The molecule has 0 N–H and O–H groups in total. The Hall–Kier alpha value is -2.89. The standard InChI is InChI=1S/C24H30N4O2/c1-4-30-21-9-7-18(8-10-21)5-6-19-11-13-28(14-12-19)24(29)20-15-22-17(2)26-27(3)23(22)25-16-20/h7-10,15-16,19H,4-6,11-14H2,1-3H3. The number of hydrogen-bond donors (Lipinski definition) is 0. The molecule has 1 aromatic carbocycles. The minimum absolute atomic E-state index is 0.0811. The Kier molecular flexibility index (Phi) is 6.02. The van der Waals surface area contributed by atoms with Gasteiger partial charge in [0.15, 0.2) is 5.65 Å². The van der Waals surface area contributed by atoms with Gasteiger partial charge in [-0.1, -0.05) is 12.1 Å². The monoisotopic (exact) mass is 406 g/mol. The van der Waals surface area contributed by atoms with Gasteiger partial charge in [-0.15, -0.1) is 0 Å². The molecule has 3 heterocycles. The zero-order valence-corrected chi connectivity index (χ0v) is 18.1. The van der Waals surface area contributed by atoms with E-state index in [9.17, 15) is 4.79 Å². The molecule has 1 fully saturated rings. The third-order valence-corrected chi connectivity index (χ3v) is 6.09. The molecule has 0 radical (unpaired) electrons. The average Bonchev–Trinajstić information content (AvgIpc) is 3.06. The van der Waals surface area contributed by atoms with E-state index in [2.05, 4.69) is 34.3 Å². The number of pyridine rings is 1. The number of piperidine rings is 1. The Balaban J connectivity index is 1.30. The molecule has 158 valence electrons. The van der Waals surface area contributed by atoms with Crippen molar-refractivity contribution in [3.05, 3.63) is 53.3 Å². The summed E-state index contributed by atoms with van der Waals surface area (Å²) in [4.78, 5) is 19.4. The predicted molar refractivity (Wildman–Crippen MR) is 118 cm³/mol. The van der Waals surface area contributed by atoms with Crippen molar-refractivity contribution in [2.24, 2.45) is 13.0 Å². The number of amides is 1. The number of aromatic nitrogens is 3. The van der Waals surface area contributed by atoms with E-state index in [1.807, 2.05) is 31.9 Å². The van der Waals surface area contributed by atoms with E-state index >= 15 is 0 Å². The second-order valence-electron chi connectivity index (χ2n) is 8.16. The van der Waals surface area contributed by atoms with Crippen LogP contribution < -0.4 is 4.74 Å². The molecule has 0 spiro atoms. The lowest BCUT2D eigenvalue weighted by Gasteiger charge is -2.32. The summed E-state index contributed by atoms with van der Waals surface area (Å²) in [5, 5.41) is 5.35. The van der Waals surface area contributed by atoms with Crippen LogP contribution in [0.2, 0.25) is 0 Å². The van der Waals surface area contributed by atoms with E-state index in [0.29, 0.717) is 18.1 Å². The van der Waals surface area contributed by atoms with Crippen LogP contribution in [0.3, 0.4) is 0 Å². The molecule has 4 rings (SSSR count). The van der Waals surface area contributed by atoms with Crippen LogP contribution in [-0.2, 0) is 13.5 Å². The molecule has 6 nitrogen and oxygen atoms in total. The fraction of sp³-hybridized carbons (Fsp3) is 0.458. The lowest BCUT2D eigenvalue weighted by Crippen LogP contribution is -2.38. The molecule has 1 amide bonds. The highest BCUT2D eigenvalue weighted by molar-refractivity contribution is 5.97. The quantitative estimate of drug-likeness (QED) is 0.617. The average molecular weight is 407 g/mol. The predicted octanol–water partition coefficient (Wildman–Crippen LogP) is 4.16. The highest BCUT2D eigenvalue weighted by Gasteiger charge is 2.24. The summed E-state index contributed by atoms with van der Waals surface area (Å²) in [5.41, 5.74) is 3.73. The zero-order chi connectivity index (χ0) is 21.1. The summed E-state index contributed by atoms with van der Waals surface area (Å²) >= 11 is 0. The Morgan fingerprint density at radius 2 is 1.93 bits per heavy atom. The lowest BCUT2D eigenvalue weighted by atomic mass is 9.90. The molecule has 1 aliphatic rings. The minimum atomic E-state index is 0.0811. The first-order valence-corrected chi connectivity index (χ1v) is 10.9. The first kappa shape index (κ1) is 20.4. The molecule has 6 heteroatoms. The van der Waals surface area contributed by atoms with E-state index in [1.54, 1.807) is 10.9 Å². The van der Waals surface area contributed by atoms with Gasteiger partial charge in [0, 0.05) is 31.7 Å². The van der Waals surface area contributed by atoms with Crippen LogP contribution >= 0.6 is 0 Å². The number of rotatable bonds is 6. The van der Waals surface area contributed by atoms with E-state index in [-0.39, 0.29) is 5.91 Å². The van der Waals surface area contributed by atoms with Crippen molar-refractivity contribution in [3.63, 3.8) is 0 Å². The first-order valence-electron chi connectivity index (χ1n) is 10.9. The van der Waals surface area contributed by atoms with E-state index in [4.69, 9.17) is 4.74 Å². The summed E-state index contributed by atoms with van der Waals surface area (Å²) in [5.74, 6) is 1.68. The third-order valence-electron chi connectivity index (χ3n) is 6.09. The van der Waals surface area contributed by atoms with Crippen LogP contribution in [-0.4, -0.2) is 45.3 Å². The van der Waals surface area contributed by atoms with Crippen LogP contribution in [0, 0.1) is 12.8 Å². The Bertz CT molecular complexity index is 1020. The smallest absolute Gasteiger partial charge is 0.255 e. The van der Waals surface area contributed by atoms with Gasteiger partial charge in [0.1, 0.15) is 5.75 Å².